The van der Waals surface area contributed by atoms with Crippen molar-refractivity contribution in [3.63, 3.8) is 0 Å². The van der Waals surface area contributed by atoms with Crippen molar-refractivity contribution in [3.05, 3.63) is 0 Å². The molecule has 2 N–H and O–H groups in total. The van der Waals surface area contributed by atoms with Crippen LogP contribution in [0.1, 0.15) is 32.1 Å². The van der Waals surface area contributed by atoms with Crippen molar-refractivity contribution in [2.45, 2.75) is 50.2 Å². The molecule has 3 nitrogen and oxygen atoms in total. The van der Waals surface area contributed by atoms with Crippen molar-refractivity contribution < 1.29 is 0 Å². The fourth-order valence-electron chi connectivity index (χ4n) is 3.44. The average molecular weight is 209 g/mol. The van der Waals surface area contributed by atoms with Crippen LogP contribution in [0.3, 0.4) is 0 Å². The summed E-state index contributed by atoms with van der Waals surface area (Å²) in [5.41, 5.74) is 5.87. The number of fused-ring (bicyclic) bond motifs is 1. The van der Waals surface area contributed by atoms with E-state index in [0.29, 0.717) is 6.04 Å². The number of piperazine rings is 1. The highest BCUT2D eigenvalue weighted by Crippen LogP contribution is 2.28. The fourth-order valence-corrected chi connectivity index (χ4v) is 3.44. The van der Waals surface area contributed by atoms with Gasteiger partial charge in [0.2, 0.25) is 0 Å². The maximum Gasteiger partial charge on any atom is 0.0223 e. The third kappa shape index (κ3) is 1.93. The number of nitrogens with two attached hydrogens (primary N) is 1. The standard InChI is InChI=1S/C12H23N3/c13-10-7-12(8-10)15-6-5-14-4-2-1-3-11(14)9-15/h10-12H,1-9,13H2. The fraction of sp³-hybridized carbons (Fsp3) is 1.00. The Balaban J connectivity index is 1.55. The van der Waals surface area contributed by atoms with E-state index in [1.807, 2.05) is 0 Å². The molecule has 0 spiro atoms. The molecule has 3 fully saturated rings. The second-order valence-electron chi connectivity index (χ2n) is 5.57. The third-order valence-electron chi connectivity index (χ3n) is 4.53. The zero-order valence-electron chi connectivity index (χ0n) is 9.57. The van der Waals surface area contributed by atoms with Crippen LogP contribution in [0.25, 0.3) is 0 Å². The van der Waals surface area contributed by atoms with Crippen LogP contribution < -0.4 is 5.73 Å². The van der Waals surface area contributed by atoms with Gasteiger partial charge in [0.05, 0.1) is 0 Å². The van der Waals surface area contributed by atoms with E-state index in [2.05, 4.69) is 9.80 Å². The zero-order valence-corrected chi connectivity index (χ0v) is 9.57. The molecule has 3 aliphatic rings. The van der Waals surface area contributed by atoms with Gasteiger partial charge in [-0.15, -0.1) is 0 Å². The normalized spacial score (nSPS) is 43.4. The van der Waals surface area contributed by atoms with Crippen LogP contribution >= 0.6 is 0 Å². The average Bonchev–Trinajstić information content (AvgIpc) is 2.24. The summed E-state index contributed by atoms with van der Waals surface area (Å²) in [6, 6.07) is 2.19. The first kappa shape index (κ1) is 10.1. The summed E-state index contributed by atoms with van der Waals surface area (Å²) >= 11 is 0. The Bertz CT molecular complexity index is 225. The molecule has 15 heavy (non-hydrogen) atoms. The molecule has 3 heteroatoms. The molecule has 1 aliphatic carbocycles. The van der Waals surface area contributed by atoms with Crippen LogP contribution in [0, 0.1) is 0 Å². The molecular formula is C12H23N3. The predicted molar refractivity (Wildman–Crippen MR) is 61.8 cm³/mol. The molecule has 0 aromatic heterocycles. The van der Waals surface area contributed by atoms with Crippen LogP contribution in [0.15, 0.2) is 0 Å². The second kappa shape index (κ2) is 4.04. The van der Waals surface area contributed by atoms with Crippen LogP contribution in [0.5, 0.6) is 0 Å². The molecule has 3 rings (SSSR count). The Morgan fingerprint density at radius 1 is 0.867 bits per heavy atom. The van der Waals surface area contributed by atoms with Crippen LogP contribution in [-0.4, -0.2) is 54.1 Å². The van der Waals surface area contributed by atoms with Gasteiger partial charge in [-0.2, -0.15) is 0 Å². The van der Waals surface area contributed by atoms with Crippen molar-refractivity contribution in [3.8, 4) is 0 Å². The first-order valence-electron chi connectivity index (χ1n) is 6.56. The number of hydrogen-bond donors (Lipinski definition) is 1. The van der Waals surface area contributed by atoms with Gasteiger partial charge in [0.25, 0.3) is 0 Å². The van der Waals surface area contributed by atoms with E-state index in [-0.39, 0.29) is 0 Å². The first-order valence-corrected chi connectivity index (χ1v) is 6.56. The number of hydrogen-bond acceptors (Lipinski definition) is 3. The lowest BCUT2D eigenvalue weighted by Gasteiger charge is -2.50. The molecule has 0 radical (unpaired) electrons. The topological polar surface area (TPSA) is 32.5 Å². The van der Waals surface area contributed by atoms with Crippen molar-refractivity contribution >= 4 is 0 Å². The Hall–Kier alpha value is -0.120. The molecule has 2 heterocycles. The van der Waals surface area contributed by atoms with Gasteiger partial charge in [-0.3, -0.25) is 9.80 Å². The van der Waals surface area contributed by atoms with Crippen molar-refractivity contribution in [1.82, 2.24) is 9.80 Å². The van der Waals surface area contributed by atoms with Gasteiger partial charge in [-0.1, -0.05) is 6.42 Å². The highest BCUT2D eigenvalue weighted by Gasteiger charge is 2.36. The molecule has 86 valence electrons. The van der Waals surface area contributed by atoms with Gasteiger partial charge in [0.1, 0.15) is 0 Å². The van der Waals surface area contributed by atoms with Crippen LogP contribution in [0.2, 0.25) is 0 Å². The number of piperidine rings is 1. The maximum absolute atomic E-state index is 5.87. The lowest BCUT2D eigenvalue weighted by atomic mass is 9.85. The first-order chi connectivity index (χ1) is 7.33. The molecule has 1 atom stereocenters. The zero-order chi connectivity index (χ0) is 10.3. The van der Waals surface area contributed by atoms with E-state index in [9.17, 15) is 0 Å². The van der Waals surface area contributed by atoms with E-state index in [1.165, 1.54) is 58.3 Å². The smallest absolute Gasteiger partial charge is 0.0223 e. The largest absolute Gasteiger partial charge is 0.328 e. The highest BCUT2D eigenvalue weighted by atomic mass is 15.3. The van der Waals surface area contributed by atoms with Crippen molar-refractivity contribution in [2.75, 3.05) is 26.2 Å². The minimum atomic E-state index is 0.499. The molecular weight excluding hydrogens is 186 g/mol. The summed E-state index contributed by atoms with van der Waals surface area (Å²) in [5, 5.41) is 0. The molecule has 0 aromatic rings. The lowest BCUT2D eigenvalue weighted by molar-refractivity contribution is 0.00277. The molecule has 0 amide bonds. The van der Waals surface area contributed by atoms with Crippen LogP contribution in [-0.2, 0) is 0 Å². The van der Waals surface area contributed by atoms with E-state index in [1.54, 1.807) is 0 Å². The molecule has 0 bridgehead atoms. The maximum atomic E-state index is 5.87. The quantitative estimate of drug-likeness (QED) is 0.688. The number of nitrogens with zero attached hydrogens (tertiary/aromatic N) is 2. The SMILES string of the molecule is NC1CC(N2CCN3CCCCC3C2)C1. The summed E-state index contributed by atoms with van der Waals surface area (Å²) in [4.78, 5) is 5.41. The molecule has 2 aliphatic heterocycles. The van der Waals surface area contributed by atoms with Gasteiger partial charge in [0.15, 0.2) is 0 Å². The summed E-state index contributed by atoms with van der Waals surface area (Å²) in [6.45, 7) is 5.25. The van der Waals surface area contributed by atoms with E-state index >= 15 is 0 Å². The van der Waals surface area contributed by atoms with E-state index in [4.69, 9.17) is 5.73 Å². The predicted octanol–water partition coefficient (Wildman–Crippen LogP) is 0.646. The van der Waals surface area contributed by atoms with Crippen LogP contribution in [0.4, 0.5) is 0 Å². The van der Waals surface area contributed by atoms with E-state index < -0.39 is 0 Å². The Morgan fingerprint density at radius 2 is 1.67 bits per heavy atom. The minimum absolute atomic E-state index is 0.499. The van der Waals surface area contributed by atoms with Gasteiger partial charge < -0.3 is 5.73 Å². The lowest BCUT2D eigenvalue weighted by Crippen LogP contribution is -2.60. The summed E-state index contributed by atoms with van der Waals surface area (Å²) in [5.74, 6) is 0. The number of rotatable bonds is 1. The Labute approximate surface area is 92.6 Å². The Kier molecular flexibility index (Phi) is 2.71. The van der Waals surface area contributed by atoms with Gasteiger partial charge in [0, 0.05) is 37.8 Å². The second-order valence-corrected chi connectivity index (χ2v) is 5.57. The molecule has 0 aromatic carbocycles. The van der Waals surface area contributed by atoms with Gasteiger partial charge >= 0.3 is 0 Å². The van der Waals surface area contributed by atoms with Crippen molar-refractivity contribution in [2.24, 2.45) is 5.73 Å². The van der Waals surface area contributed by atoms with Crippen molar-refractivity contribution in [1.29, 1.82) is 0 Å². The summed E-state index contributed by atoms with van der Waals surface area (Å²) in [6.07, 6.45) is 6.78. The van der Waals surface area contributed by atoms with Gasteiger partial charge in [-0.25, -0.2) is 0 Å². The van der Waals surface area contributed by atoms with E-state index in [0.717, 1.165) is 12.1 Å². The molecule has 1 unspecified atom stereocenters. The third-order valence-corrected chi connectivity index (χ3v) is 4.53. The monoisotopic (exact) mass is 209 g/mol. The summed E-state index contributed by atoms with van der Waals surface area (Å²) < 4.78 is 0. The Morgan fingerprint density at radius 3 is 2.47 bits per heavy atom. The molecule has 2 saturated heterocycles. The highest BCUT2D eigenvalue weighted by molar-refractivity contribution is 4.94. The van der Waals surface area contributed by atoms with Gasteiger partial charge in [-0.05, 0) is 32.2 Å². The summed E-state index contributed by atoms with van der Waals surface area (Å²) in [7, 11) is 0. The molecule has 1 saturated carbocycles. The minimum Gasteiger partial charge on any atom is -0.328 e.